The van der Waals surface area contributed by atoms with Gasteiger partial charge in [0.15, 0.2) is 0 Å². The van der Waals surface area contributed by atoms with E-state index in [0.29, 0.717) is 17.8 Å². The second-order valence-corrected chi connectivity index (χ2v) is 4.83. The smallest absolute Gasteiger partial charge is 0.258 e. The molecule has 1 aliphatic rings. The minimum absolute atomic E-state index is 0.0150. The molecule has 2 aromatic carbocycles. The summed E-state index contributed by atoms with van der Waals surface area (Å²) in [6.45, 7) is 0.691. The lowest BCUT2D eigenvalue weighted by atomic mass is 10.1. The van der Waals surface area contributed by atoms with Gasteiger partial charge in [0.2, 0.25) is 0 Å². The summed E-state index contributed by atoms with van der Waals surface area (Å²) in [5.41, 5.74) is 9.04. The third kappa shape index (κ3) is 2.30. The van der Waals surface area contributed by atoms with Gasteiger partial charge in [0.1, 0.15) is 0 Å². The molecular weight excluding hydrogens is 248 g/mol. The molecule has 0 bridgehead atoms. The molecule has 0 spiro atoms. The van der Waals surface area contributed by atoms with Gasteiger partial charge in [-0.3, -0.25) is 4.79 Å². The minimum Gasteiger partial charge on any atom is -0.399 e. The van der Waals surface area contributed by atoms with Crippen LogP contribution in [-0.2, 0) is 0 Å². The van der Waals surface area contributed by atoms with Gasteiger partial charge in [0, 0.05) is 17.8 Å². The van der Waals surface area contributed by atoms with E-state index in [-0.39, 0.29) is 5.91 Å². The molecule has 1 heterocycles. The molecule has 0 aromatic heterocycles. The van der Waals surface area contributed by atoms with E-state index in [9.17, 15) is 4.79 Å². The van der Waals surface area contributed by atoms with Gasteiger partial charge >= 0.3 is 0 Å². The Morgan fingerprint density at radius 2 is 1.80 bits per heavy atom. The standard InChI is InChI=1S/C17H16N2O/c18-15-10-8-14(9-11-15)17(20)19-12-4-3-6-13-5-1-2-7-16(13)19/h1-3,5-11H,4,12,18H2. The molecule has 20 heavy (non-hydrogen) atoms. The maximum Gasteiger partial charge on any atom is 0.258 e. The maximum absolute atomic E-state index is 12.7. The Labute approximate surface area is 118 Å². The fourth-order valence-corrected chi connectivity index (χ4v) is 2.40. The molecule has 1 amide bonds. The van der Waals surface area contributed by atoms with E-state index in [4.69, 9.17) is 5.73 Å². The molecule has 0 atom stereocenters. The summed E-state index contributed by atoms with van der Waals surface area (Å²) < 4.78 is 0. The summed E-state index contributed by atoms with van der Waals surface area (Å²) in [6, 6.07) is 15.0. The van der Waals surface area contributed by atoms with Gasteiger partial charge in [0.25, 0.3) is 5.91 Å². The Morgan fingerprint density at radius 3 is 2.60 bits per heavy atom. The zero-order chi connectivity index (χ0) is 13.9. The van der Waals surface area contributed by atoms with Crippen molar-refractivity contribution in [2.75, 3.05) is 17.2 Å². The highest BCUT2D eigenvalue weighted by Crippen LogP contribution is 2.26. The number of hydrogen-bond donors (Lipinski definition) is 1. The number of para-hydroxylation sites is 1. The van der Waals surface area contributed by atoms with Gasteiger partial charge in [-0.15, -0.1) is 0 Å². The van der Waals surface area contributed by atoms with Gasteiger partial charge in [-0.1, -0.05) is 30.4 Å². The Morgan fingerprint density at radius 1 is 1.05 bits per heavy atom. The van der Waals surface area contributed by atoms with Gasteiger partial charge in [-0.2, -0.15) is 0 Å². The largest absolute Gasteiger partial charge is 0.399 e. The molecule has 0 saturated heterocycles. The number of rotatable bonds is 1. The summed E-state index contributed by atoms with van der Waals surface area (Å²) in [6.07, 6.45) is 5.04. The number of benzene rings is 2. The Kier molecular flexibility index (Phi) is 3.25. The molecule has 0 saturated carbocycles. The van der Waals surface area contributed by atoms with E-state index in [1.54, 1.807) is 24.3 Å². The predicted octanol–water partition coefficient (Wildman–Crippen LogP) is 3.33. The molecule has 100 valence electrons. The molecule has 0 unspecified atom stereocenters. The molecule has 0 radical (unpaired) electrons. The zero-order valence-electron chi connectivity index (χ0n) is 11.1. The summed E-state index contributed by atoms with van der Waals surface area (Å²) in [5.74, 6) is 0.0150. The van der Waals surface area contributed by atoms with Crippen molar-refractivity contribution in [1.82, 2.24) is 0 Å². The SMILES string of the molecule is Nc1ccc(C(=O)N2CCC=Cc3ccccc32)cc1. The van der Waals surface area contributed by atoms with Crippen LogP contribution in [0.15, 0.2) is 54.6 Å². The van der Waals surface area contributed by atoms with Gasteiger partial charge in [0.05, 0.1) is 5.69 Å². The first-order valence-corrected chi connectivity index (χ1v) is 6.69. The average molecular weight is 264 g/mol. The number of carbonyl (C=O) groups excluding carboxylic acids is 1. The van der Waals surface area contributed by atoms with Gasteiger partial charge in [-0.05, 0) is 42.3 Å². The molecule has 3 rings (SSSR count). The van der Waals surface area contributed by atoms with Crippen molar-refractivity contribution < 1.29 is 4.79 Å². The first kappa shape index (κ1) is 12.5. The fourth-order valence-electron chi connectivity index (χ4n) is 2.40. The molecule has 0 aliphatic carbocycles. The lowest BCUT2D eigenvalue weighted by Crippen LogP contribution is -2.31. The number of nitrogens with zero attached hydrogens (tertiary/aromatic N) is 1. The van der Waals surface area contributed by atoms with E-state index in [1.165, 1.54) is 0 Å². The van der Waals surface area contributed by atoms with Crippen LogP contribution in [-0.4, -0.2) is 12.5 Å². The molecule has 2 N–H and O–H groups in total. The molecule has 0 fully saturated rings. The van der Waals surface area contributed by atoms with Gasteiger partial charge < -0.3 is 10.6 Å². The summed E-state index contributed by atoms with van der Waals surface area (Å²) >= 11 is 0. The van der Waals surface area contributed by atoms with Crippen molar-refractivity contribution >= 4 is 23.4 Å². The van der Waals surface area contributed by atoms with Crippen LogP contribution in [0.3, 0.4) is 0 Å². The van der Waals surface area contributed by atoms with Crippen molar-refractivity contribution in [3.8, 4) is 0 Å². The number of fused-ring (bicyclic) bond motifs is 1. The van der Waals surface area contributed by atoms with Crippen molar-refractivity contribution in [2.45, 2.75) is 6.42 Å². The van der Waals surface area contributed by atoms with Crippen LogP contribution < -0.4 is 10.6 Å². The fraction of sp³-hybridized carbons (Fsp3) is 0.118. The quantitative estimate of drug-likeness (QED) is 0.803. The van der Waals surface area contributed by atoms with Crippen LogP contribution >= 0.6 is 0 Å². The topological polar surface area (TPSA) is 46.3 Å². The lowest BCUT2D eigenvalue weighted by molar-refractivity contribution is 0.0987. The number of nitrogen functional groups attached to an aromatic ring is 1. The van der Waals surface area contributed by atoms with Crippen molar-refractivity contribution in [1.29, 1.82) is 0 Å². The van der Waals surface area contributed by atoms with E-state index in [0.717, 1.165) is 17.7 Å². The average Bonchev–Trinajstić information content (AvgIpc) is 2.69. The van der Waals surface area contributed by atoms with Crippen molar-refractivity contribution in [3.63, 3.8) is 0 Å². The van der Waals surface area contributed by atoms with E-state index < -0.39 is 0 Å². The predicted molar refractivity (Wildman–Crippen MR) is 82.6 cm³/mol. The Balaban J connectivity index is 1.98. The van der Waals surface area contributed by atoms with E-state index >= 15 is 0 Å². The third-order valence-corrected chi connectivity index (χ3v) is 3.45. The third-order valence-electron chi connectivity index (χ3n) is 3.45. The van der Waals surface area contributed by atoms with Crippen LogP contribution in [0, 0.1) is 0 Å². The number of hydrogen-bond acceptors (Lipinski definition) is 2. The highest BCUT2D eigenvalue weighted by molar-refractivity contribution is 6.07. The van der Waals surface area contributed by atoms with Crippen LogP contribution in [0.25, 0.3) is 6.08 Å². The summed E-state index contributed by atoms with van der Waals surface area (Å²) in [7, 11) is 0. The minimum atomic E-state index is 0.0150. The van der Waals surface area contributed by atoms with Crippen LogP contribution in [0.5, 0.6) is 0 Å². The maximum atomic E-state index is 12.7. The van der Waals surface area contributed by atoms with Gasteiger partial charge in [-0.25, -0.2) is 0 Å². The van der Waals surface area contributed by atoms with E-state index in [2.05, 4.69) is 12.2 Å². The molecule has 2 aromatic rings. The van der Waals surface area contributed by atoms with Crippen molar-refractivity contribution in [2.24, 2.45) is 0 Å². The number of carbonyl (C=O) groups is 1. The normalized spacial score (nSPS) is 13.7. The summed E-state index contributed by atoms with van der Waals surface area (Å²) in [5, 5.41) is 0. The highest BCUT2D eigenvalue weighted by atomic mass is 16.2. The number of nitrogens with two attached hydrogens (primary N) is 1. The first-order chi connectivity index (χ1) is 9.75. The van der Waals surface area contributed by atoms with Crippen LogP contribution in [0.1, 0.15) is 22.3 Å². The Bertz CT molecular complexity index is 659. The highest BCUT2D eigenvalue weighted by Gasteiger charge is 2.20. The lowest BCUT2D eigenvalue weighted by Gasteiger charge is -2.23. The molecule has 3 nitrogen and oxygen atoms in total. The zero-order valence-corrected chi connectivity index (χ0v) is 11.1. The van der Waals surface area contributed by atoms with Crippen LogP contribution in [0.2, 0.25) is 0 Å². The molecular formula is C17H16N2O. The van der Waals surface area contributed by atoms with E-state index in [1.807, 2.05) is 29.2 Å². The monoisotopic (exact) mass is 264 g/mol. The molecule has 3 heteroatoms. The second-order valence-electron chi connectivity index (χ2n) is 4.83. The second kappa shape index (κ2) is 5.21. The Hall–Kier alpha value is -2.55. The van der Waals surface area contributed by atoms with Crippen LogP contribution in [0.4, 0.5) is 11.4 Å². The molecule has 1 aliphatic heterocycles. The number of amides is 1. The summed E-state index contributed by atoms with van der Waals surface area (Å²) in [4.78, 5) is 14.5. The number of anilines is 2. The first-order valence-electron chi connectivity index (χ1n) is 6.69. The van der Waals surface area contributed by atoms with Crippen molar-refractivity contribution in [3.05, 3.63) is 65.7 Å².